The summed E-state index contributed by atoms with van der Waals surface area (Å²) >= 11 is 1.66. The molecule has 2 N–H and O–H groups in total. The third-order valence-electron chi connectivity index (χ3n) is 4.20. The molecule has 2 amide bonds. The van der Waals surface area contributed by atoms with E-state index in [0.717, 1.165) is 11.1 Å². The third-order valence-corrected chi connectivity index (χ3v) is 4.90. The molecule has 6 heteroatoms. The zero-order valence-electron chi connectivity index (χ0n) is 13.3. The van der Waals surface area contributed by atoms with E-state index in [1.807, 2.05) is 20.2 Å². The fourth-order valence-corrected chi connectivity index (χ4v) is 3.59. The number of likely N-dealkylation sites (N-methyl/N-ethyl adjacent to an activating group) is 1. The zero-order chi connectivity index (χ0) is 16.4. The molecule has 2 aromatic rings. The van der Waals surface area contributed by atoms with Crippen LogP contribution < -0.4 is 5.32 Å². The lowest BCUT2D eigenvalue weighted by Gasteiger charge is -2.25. The Balaban J connectivity index is 1.60. The Labute approximate surface area is 140 Å². The van der Waals surface area contributed by atoms with Crippen molar-refractivity contribution in [2.24, 2.45) is 0 Å². The Morgan fingerprint density at radius 3 is 2.83 bits per heavy atom. The number of hydrogen-bond acceptors (Lipinski definition) is 4. The van der Waals surface area contributed by atoms with Crippen molar-refractivity contribution < 1.29 is 9.90 Å². The van der Waals surface area contributed by atoms with Crippen LogP contribution in [0.4, 0.5) is 4.79 Å². The number of phenolic OH excluding ortho intramolecular Hbond substituents is 1. The Morgan fingerprint density at radius 2 is 2.13 bits per heavy atom. The Bertz CT molecular complexity index is 685. The summed E-state index contributed by atoms with van der Waals surface area (Å²) < 4.78 is 0. The Kier molecular flexibility index (Phi) is 4.54. The first-order valence-corrected chi connectivity index (χ1v) is 8.51. The lowest BCUT2D eigenvalue weighted by atomic mass is 10.1. The molecule has 5 nitrogen and oxygen atoms in total. The number of thiophene rings is 1. The van der Waals surface area contributed by atoms with Crippen molar-refractivity contribution in [3.05, 3.63) is 51.7 Å². The van der Waals surface area contributed by atoms with Gasteiger partial charge in [-0.1, -0.05) is 6.07 Å². The SMILES string of the molecule is CN(C)C(CNC(=O)N1Cc2ccc(O)cc2C1)c1ccsc1. The van der Waals surface area contributed by atoms with Crippen molar-refractivity contribution in [1.29, 1.82) is 0 Å². The number of carbonyl (C=O) groups excluding carboxylic acids is 1. The van der Waals surface area contributed by atoms with Gasteiger partial charge in [0.1, 0.15) is 5.75 Å². The van der Waals surface area contributed by atoms with E-state index >= 15 is 0 Å². The lowest BCUT2D eigenvalue weighted by Crippen LogP contribution is -2.40. The van der Waals surface area contributed by atoms with Gasteiger partial charge in [-0.05, 0) is 59.7 Å². The van der Waals surface area contributed by atoms with Crippen LogP contribution in [0.25, 0.3) is 0 Å². The molecule has 0 spiro atoms. The van der Waals surface area contributed by atoms with Crippen LogP contribution in [0.3, 0.4) is 0 Å². The second-order valence-corrected chi connectivity index (χ2v) is 6.81. The van der Waals surface area contributed by atoms with Gasteiger partial charge in [0, 0.05) is 19.6 Å². The largest absolute Gasteiger partial charge is 0.508 e. The maximum atomic E-state index is 12.4. The average Bonchev–Trinajstić information content (AvgIpc) is 3.15. The molecule has 1 unspecified atom stereocenters. The topological polar surface area (TPSA) is 55.8 Å². The molecule has 122 valence electrons. The summed E-state index contributed by atoms with van der Waals surface area (Å²) in [5.41, 5.74) is 3.33. The maximum absolute atomic E-state index is 12.4. The minimum atomic E-state index is -0.0669. The van der Waals surface area contributed by atoms with E-state index < -0.39 is 0 Å². The lowest BCUT2D eigenvalue weighted by molar-refractivity contribution is 0.193. The molecule has 1 aromatic heterocycles. The van der Waals surface area contributed by atoms with Crippen LogP contribution in [0.15, 0.2) is 35.0 Å². The molecule has 0 saturated heterocycles. The van der Waals surface area contributed by atoms with Crippen LogP contribution in [-0.4, -0.2) is 41.6 Å². The van der Waals surface area contributed by atoms with Crippen LogP contribution >= 0.6 is 11.3 Å². The van der Waals surface area contributed by atoms with Crippen LogP contribution in [0.2, 0.25) is 0 Å². The van der Waals surface area contributed by atoms with Gasteiger partial charge in [-0.2, -0.15) is 11.3 Å². The number of urea groups is 1. The van der Waals surface area contributed by atoms with E-state index in [9.17, 15) is 9.90 Å². The van der Waals surface area contributed by atoms with Gasteiger partial charge < -0.3 is 20.2 Å². The van der Waals surface area contributed by atoms with Crippen molar-refractivity contribution in [3.63, 3.8) is 0 Å². The molecule has 1 atom stereocenters. The van der Waals surface area contributed by atoms with Crippen molar-refractivity contribution >= 4 is 17.4 Å². The fourth-order valence-electron chi connectivity index (χ4n) is 2.88. The molecule has 0 saturated carbocycles. The van der Waals surface area contributed by atoms with E-state index in [2.05, 4.69) is 27.0 Å². The second kappa shape index (κ2) is 6.60. The standard InChI is InChI=1S/C17H21N3O2S/c1-19(2)16(13-5-6-23-11-13)8-18-17(22)20-9-12-3-4-15(21)7-14(12)10-20/h3-7,11,16,21H,8-10H2,1-2H3,(H,18,22). The summed E-state index contributed by atoms with van der Waals surface area (Å²) in [6.07, 6.45) is 0. The Hall–Kier alpha value is -2.05. The summed E-state index contributed by atoms with van der Waals surface area (Å²) in [6, 6.07) is 7.47. The molecular formula is C17H21N3O2S. The second-order valence-electron chi connectivity index (χ2n) is 6.03. The van der Waals surface area contributed by atoms with Crippen LogP contribution in [-0.2, 0) is 13.1 Å². The van der Waals surface area contributed by atoms with Gasteiger partial charge in [-0.25, -0.2) is 4.79 Å². The van der Waals surface area contributed by atoms with E-state index in [4.69, 9.17) is 0 Å². The van der Waals surface area contributed by atoms with Gasteiger partial charge in [0.2, 0.25) is 0 Å². The van der Waals surface area contributed by atoms with E-state index in [-0.39, 0.29) is 17.8 Å². The van der Waals surface area contributed by atoms with Gasteiger partial charge in [0.25, 0.3) is 0 Å². The molecule has 1 aromatic carbocycles. The van der Waals surface area contributed by atoms with E-state index in [0.29, 0.717) is 19.6 Å². The number of nitrogens with zero attached hydrogens (tertiary/aromatic N) is 2. The van der Waals surface area contributed by atoms with Gasteiger partial charge in [0.05, 0.1) is 6.04 Å². The smallest absolute Gasteiger partial charge is 0.318 e. The van der Waals surface area contributed by atoms with Crippen molar-refractivity contribution in [1.82, 2.24) is 15.1 Å². The quantitative estimate of drug-likeness (QED) is 0.906. The molecule has 3 rings (SSSR count). The number of fused-ring (bicyclic) bond motifs is 1. The number of carbonyl (C=O) groups is 1. The minimum Gasteiger partial charge on any atom is -0.508 e. The summed E-state index contributed by atoms with van der Waals surface area (Å²) in [5, 5.41) is 16.7. The van der Waals surface area contributed by atoms with Gasteiger partial charge in [0.15, 0.2) is 0 Å². The number of rotatable bonds is 4. The van der Waals surface area contributed by atoms with E-state index in [1.165, 1.54) is 5.56 Å². The highest BCUT2D eigenvalue weighted by atomic mass is 32.1. The molecule has 23 heavy (non-hydrogen) atoms. The normalized spacial score (nSPS) is 14.8. The molecule has 0 aliphatic carbocycles. The Morgan fingerprint density at radius 1 is 1.35 bits per heavy atom. The van der Waals surface area contributed by atoms with Gasteiger partial charge in [-0.3, -0.25) is 0 Å². The van der Waals surface area contributed by atoms with Crippen molar-refractivity contribution in [3.8, 4) is 5.75 Å². The molecule has 1 aliphatic heterocycles. The molecule has 0 fully saturated rings. The van der Waals surface area contributed by atoms with Crippen molar-refractivity contribution in [2.75, 3.05) is 20.6 Å². The number of aromatic hydroxyl groups is 1. The highest BCUT2D eigenvalue weighted by molar-refractivity contribution is 7.07. The maximum Gasteiger partial charge on any atom is 0.318 e. The van der Waals surface area contributed by atoms with E-state index in [1.54, 1.807) is 28.4 Å². The molecular weight excluding hydrogens is 310 g/mol. The number of hydrogen-bond donors (Lipinski definition) is 2. The first-order valence-electron chi connectivity index (χ1n) is 7.56. The van der Waals surface area contributed by atoms with Gasteiger partial charge in [-0.15, -0.1) is 0 Å². The predicted molar refractivity (Wildman–Crippen MR) is 91.5 cm³/mol. The van der Waals surface area contributed by atoms with Crippen molar-refractivity contribution in [2.45, 2.75) is 19.1 Å². The van der Waals surface area contributed by atoms with Crippen LogP contribution in [0.5, 0.6) is 5.75 Å². The number of amides is 2. The monoisotopic (exact) mass is 331 g/mol. The molecule has 1 aliphatic rings. The molecule has 0 bridgehead atoms. The summed E-state index contributed by atoms with van der Waals surface area (Å²) in [4.78, 5) is 16.3. The van der Waals surface area contributed by atoms with Crippen LogP contribution in [0.1, 0.15) is 22.7 Å². The summed E-state index contributed by atoms with van der Waals surface area (Å²) in [6.45, 7) is 1.70. The highest BCUT2D eigenvalue weighted by Crippen LogP contribution is 2.26. The number of phenols is 1. The molecule has 0 radical (unpaired) electrons. The number of benzene rings is 1. The first-order chi connectivity index (χ1) is 11.0. The zero-order valence-corrected chi connectivity index (χ0v) is 14.1. The first kappa shape index (κ1) is 15.8. The van der Waals surface area contributed by atoms with Gasteiger partial charge >= 0.3 is 6.03 Å². The summed E-state index contributed by atoms with van der Waals surface area (Å²) in [7, 11) is 4.03. The van der Waals surface area contributed by atoms with Crippen LogP contribution in [0, 0.1) is 0 Å². The highest BCUT2D eigenvalue weighted by Gasteiger charge is 2.24. The molecule has 2 heterocycles. The fraction of sp³-hybridized carbons (Fsp3) is 0.353. The average molecular weight is 331 g/mol. The third kappa shape index (κ3) is 3.48. The minimum absolute atomic E-state index is 0.0669. The number of nitrogens with one attached hydrogen (secondary N) is 1. The predicted octanol–water partition coefficient (Wildman–Crippen LogP) is 2.78. The summed E-state index contributed by atoms with van der Waals surface area (Å²) in [5.74, 6) is 0.246.